The minimum Gasteiger partial charge on any atom is -0.354 e. The normalized spacial score (nSPS) is 23.2. The van der Waals surface area contributed by atoms with E-state index >= 15 is 0 Å². The van der Waals surface area contributed by atoms with Crippen LogP contribution in [0.2, 0.25) is 0 Å². The van der Waals surface area contributed by atoms with Gasteiger partial charge in [0.05, 0.1) is 6.07 Å². The van der Waals surface area contributed by atoms with Gasteiger partial charge in [0.25, 0.3) is 0 Å². The molecule has 3 aliphatic carbocycles. The van der Waals surface area contributed by atoms with Gasteiger partial charge in [-0.25, -0.2) is 4.39 Å². The molecule has 0 radical (unpaired) electrons. The zero-order valence-electron chi connectivity index (χ0n) is 16.4. The molecule has 0 saturated carbocycles. The third-order valence-corrected chi connectivity index (χ3v) is 6.63. The molecule has 3 aromatic rings. The Bertz CT molecular complexity index is 1130. The molecular formula is C26H21FN2O. The Kier molecular flexibility index (Phi) is 4.40. The lowest BCUT2D eigenvalue weighted by Gasteiger charge is -2.48. The summed E-state index contributed by atoms with van der Waals surface area (Å²) in [6.45, 7) is 0.296. The average Bonchev–Trinajstić information content (AvgIpc) is 2.80. The molecule has 1 unspecified atom stereocenters. The van der Waals surface area contributed by atoms with Crippen molar-refractivity contribution in [1.82, 2.24) is 5.32 Å². The number of amides is 1. The molecule has 2 bridgehead atoms. The molecule has 0 aromatic heterocycles. The van der Waals surface area contributed by atoms with E-state index in [9.17, 15) is 14.4 Å². The molecule has 6 rings (SSSR count). The van der Waals surface area contributed by atoms with Crippen molar-refractivity contribution in [2.75, 3.05) is 6.54 Å². The molecule has 4 heteroatoms. The number of hydrogen-bond acceptors (Lipinski definition) is 2. The van der Waals surface area contributed by atoms with E-state index in [1.807, 2.05) is 36.4 Å². The summed E-state index contributed by atoms with van der Waals surface area (Å²) in [6, 6.07) is 25.3. The Morgan fingerprint density at radius 3 is 2.13 bits per heavy atom. The van der Waals surface area contributed by atoms with Crippen LogP contribution in [0.25, 0.3) is 0 Å². The van der Waals surface area contributed by atoms with Crippen molar-refractivity contribution in [3.63, 3.8) is 0 Å². The SMILES string of the molecule is N#CC1(C(=O)NCCc2ccccc2F)CC2c3ccccc3C1c1ccccc12. The number of nitrogens with one attached hydrogen (secondary N) is 1. The van der Waals surface area contributed by atoms with Gasteiger partial charge < -0.3 is 5.32 Å². The summed E-state index contributed by atoms with van der Waals surface area (Å²) in [6.07, 6.45) is 0.856. The smallest absolute Gasteiger partial charge is 0.241 e. The monoisotopic (exact) mass is 396 g/mol. The fourth-order valence-corrected chi connectivity index (χ4v) is 5.26. The fraction of sp³-hybridized carbons (Fsp3) is 0.231. The fourth-order valence-electron chi connectivity index (χ4n) is 5.26. The van der Waals surface area contributed by atoms with Crippen molar-refractivity contribution >= 4 is 5.91 Å². The number of fused-ring (bicyclic) bond motifs is 1. The predicted octanol–water partition coefficient (Wildman–Crippen LogP) is 4.68. The molecule has 0 fully saturated rings. The zero-order chi connectivity index (χ0) is 20.7. The van der Waals surface area contributed by atoms with Gasteiger partial charge in [-0.1, -0.05) is 66.7 Å². The summed E-state index contributed by atoms with van der Waals surface area (Å²) in [5, 5.41) is 13.2. The first-order valence-electron chi connectivity index (χ1n) is 10.3. The first kappa shape index (κ1) is 18.6. The van der Waals surface area contributed by atoms with E-state index in [-0.39, 0.29) is 23.6 Å². The molecule has 3 nitrogen and oxygen atoms in total. The van der Waals surface area contributed by atoms with Crippen molar-refractivity contribution < 1.29 is 9.18 Å². The van der Waals surface area contributed by atoms with Gasteiger partial charge in [0, 0.05) is 18.4 Å². The maximum atomic E-state index is 13.9. The van der Waals surface area contributed by atoms with E-state index < -0.39 is 5.41 Å². The number of nitriles is 1. The highest BCUT2D eigenvalue weighted by atomic mass is 19.1. The third-order valence-electron chi connectivity index (χ3n) is 6.63. The van der Waals surface area contributed by atoms with Gasteiger partial charge in [0.1, 0.15) is 11.2 Å². The second kappa shape index (κ2) is 7.11. The van der Waals surface area contributed by atoms with Crippen molar-refractivity contribution in [2.24, 2.45) is 5.41 Å². The minimum absolute atomic E-state index is 0.0272. The van der Waals surface area contributed by atoms with Crippen LogP contribution < -0.4 is 5.32 Å². The first-order chi connectivity index (χ1) is 14.7. The maximum Gasteiger partial charge on any atom is 0.241 e. The van der Waals surface area contributed by atoms with Gasteiger partial charge in [-0.15, -0.1) is 0 Å². The van der Waals surface area contributed by atoms with Gasteiger partial charge in [0.15, 0.2) is 0 Å². The van der Waals surface area contributed by atoms with Crippen molar-refractivity contribution in [3.05, 3.63) is 106 Å². The molecule has 1 atom stereocenters. The molecule has 1 amide bonds. The Hall–Kier alpha value is -3.45. The van der Waals surface area contributed by atoms with E-state index in [2.05, 4.69) is 23.5 Å². The number of nitrogens with zero attached hydrogens (tertiary/aromatic N) is 1. The van der Waals surface area contributed by atoms with Crippen LogP contribution in [0, 0.1) is 22.6 Å². The van der Waals surface area contributed by atoms with Gasteiger partial charge in [-0.2, -0.15) is 5.26 Å². The number of benzene rings is 3. The zero-order valence-corrected chi connectivity index (χ0v) is 16.4. The van der Waals surface area contributed by atoms with E-state index in [4.69, 9.17) is 0 Å². The molecular weight excluding hydrogens is 375 g/mol. The van der Waals surface area contributed by atoms with Crippen LogP contribution in [-0.2, 0) is 11.2 Å². The van der Waals surface area contributed by atoms with Crippen LogP contribution >= 0.6 is 0 Å². The van der Waals surface area contributed by atoms with Crippen LogP contribution in [0.1, 0.15) is 46.1 Å². The molecule has 0 aliphatic heterocycles. The van der Waals surface area contributed by atoms with E-state index in [1.54, 1.807) is 18.2 Å². The van der Waals surface area contributed by atoms with Crippen molar-refractivity contribution in [1.29, 1.82) is 5.26 Å². The second-order valence-corrected chi connectivity index (χ2v) is 8.13. The lowest BCUT2D eigenvalue weighted by atomic mass is 9.52. The highest BCUT2D eigenvalue weighted by molar-refractivity contribution is 5.89. The van der Waals surface area contributed by atoms with Gasteiger partial charge in [-0.05, 0) is 46.7 Å². The summed E-state index contributed by atoms with van der Waals surface area (Å²) in [7, 11) is 0. The quantitative estimate of drug-likeness (QED) is 0.696. The first-order valence-corrected chi connectivity index (χ1v) is 10.3. The molecule has 3 aliphatic rings. The Morgan fingerprint density at radius 2 is 1.53 bits per heavy atom. The highest BCUT2D eigenvalue weighted by Gasteiger charge is 2.57. The number of halogens is 1. The van der Waals surface area contributed by atoms with Crippen molar-refractivity contribution in [3.8, 4) is 6.07 Å². The summed E-state index contributed by atoms with van der Waals surface area (Å²) in [5.74, 6) is -0.811. The van der Waals surface area contributed by atoms with Gasteiger partial charge >= 0.3 is 0 Å². The molecule has 0 heterocycles. The molecule has 0 spiro atoms. The number of hydrogen-bond donors (Lipinski definition) is 1. The lowest BCUT2D eigenvalue weighted by molar-refractivity contribution is -0.129. The molecule has 148 valence electrons. The van der Waals surface area contributed by atoms with Crippen LogP contribution in [0.5, 0.6) is 0 Å². The predicted molar refractivity (Wildman–Crippen MR) is 112 cm³/mol. The molecule has 3 aromatic carbocycles. The standard InChI is InChI=1S/C26H21FN2O/c27-23-12-6-1-7-17(23)13-14-29-25(30)26(16-28)15-22-18-8-2-4-10-20(18)24(26)21-11-5-3-9-19(21)22/h1-12,22,24H,13-15H2,(H,29,30). The summed E-state index contributed by atoms with van der Waals surface area (Å²) >= 11 is 0. The summed E-state index contributed by atoms with van der Waals surface area (Å²) in [4.78, 5) is 13.4. The van der Waals surface area contributed by atoms with Gasteiger partial charge in [0.2, 0.25) is 5.91 Å². The average molecular weight is 396 g/mol. The van der Waals surface area contributed by atoms with Crippen LogP contribution in [0.4, 0.5) is 4.39 Å². The number of carbonyl (C=O) groups is 1. The largest absolute Gasteiger partial charge is 0.354 e. The second-order valence-electron chi connectivity index (χ2n) is 8.13. The topological polar surface area (TPSA) is 52.9 Å². The van der Waals surface area contributed by atoms with E-state index in [0.717, 1.165) is 11.1 Å². The van der Waals surface area contributed by atoms with E-state index in [1.165, 1.54) is 17.2 Å². The lowest BCUT2D eigenvalue weighted by Crippen LogP contribution is -2.50. The van der Waals surface area contributed by atoms with Crippen molar-refractivity contribution in [2.45, 2.75) is 24.7 Å². The highest BCUT2D eigenvalue weighted by Crippen LogP contribution is 2.60. The number of rotatable bonds is 4. The Morgan fingerprint density at radius 1 is 0.967 bits per heavy atom. The Labute approximate surface area is 175 Å². The Balaban J connectivity index is 1.48. The van der Waals surface area contributed by atoms with Gasteiger partial charge in [-0.3, -0.25) is 4.79 Å². The van der Waals surface area contributed by atoms with Crippen LogP contribution in [0.15, 0.2) is 72.8 Å². The van der Waals surface area contributed by atoms with E-state index in [0.29, 0.717) is 24.9 Å². The minimum atomic E-state index is -1.16. The molecule has 0 saturated heterocycles. The maximum absolute atomic E-state index is 13.9. The molecule has 30 heavy (non-hydrogen) atoms. The third kappa shape index (κ3) is 2.66. The summed E-state index contributed by atoms with van der Waals surface area (Å²) < 4.78 is 13.9. The van der Waals surface area contributed by atoms with Crippen LogP contribution in [0.3, 0.4) is 0 Å². The van der Waals surface area contributed by atoms with Crippen LogP contribution in [-0.4, -0.2) is 12.5 Å². The number of carbonyl (C=O) groups excluding carboxylic acids is 1. The molecule has 1 N–H and O–H groups in total. The summed E-state index contributed by atoms with van der Waals surface area (Å²) in [5.41, 5.74) is 3.96.